The van der Waals surface area contributed by atoms with Gasteiger partial charge in [-0.3, -0.25) is 14.5 Å². The maximum Gasteiger partial charge on any atom is 0.410 e. The maximum atomic E-state index is 12.5. The minimum atomic E-state index is -1.15. The lowest BCUT2D eigenvalue weighted by molar-refractivity contribution is -0.123. The quantitative estimate of drug-likeness (QED) is 0.725. The first-order chi connectivity index (χ1) is 11.4. The zero-order valence-corrected chi connectivity index (χ0v) is 14.7. The van der Waals surface area contributed by atoms with Crippen LogP contribution in [0.1, 0.15) is 26.2 Å². The highest BCUT2D eigenvalue weighted by Gasteiger charge is 2.58. The molecule has 3 rings (SSSR count). The molecule has 1 fully saturated rings. The van der Waals surface area contributed by atoms with Gasteiger partial charge in [-0.05, 0) is 22.4 Å². The van der Waals surface area contributed by atoms with Gasteiger partial charge in [0.25, 0.3) is 5.91 Å². The van der Waals surface area contributed by atoms with Crippen LogP contribution in [0.2, 0.25) is 0 Å². The number of unbranched alkanes of at least 4 members (excludes halogenated alkanes) is 1. The molecule has 1 unspecified atom stereocenters. The summed E-state index contributed by atoms with van der Waals surface area (Å²) in [4.78, 5) is 37.9. The Labute approximate surface area is 146 Å². The normalized spacial score (nSPS) is 25.0. The zero-order valence-electron chi connectivity index (χ0n) is 13.1. The summed E-state index contributed by atoms with van der Waals surface area (Å²) in [5.41, 5.74) is 4.30. The van der Waals surface area contributed by atoms with E-state index < -0.39 is 23.6 Å². The number of hydrogen-bond donors (Lipinski definition) is 2. The fraction of sp³-hybridized carbons (Fsp3) is 0.571. The smallest absolute Gasteiger partial charge is 0.410 e. The Bertz CT molecular complexity index is 705. The van der Waals surface area contributed by atoms with Gasteiger partial charge in [0.2, 0.25) is 5.91 Å². The molecule has 0 aromatic carbocycles. The molecule has 0 saturated carbocycles. The van der Waals surface area contributed by atoms with E-state index >= 15 is 0 Å². The van der Waals surface area contributed by atoms with Crippen LogP contribution in [0.4, 0.5) is 10.6 Å². The molecule has 0 aliphatic carbocycles. The molecule has 2 atom stereocenters. The molecule has 24 heavy (non-hydrogen) atoms. The number of fused-ring (bicyclic) bond motifs is 2. The van der Waals surface area contributed by atoms with Crippen molar-refractivity contribution >= 4 is 39.7 Å². The average molecular weight is 400 g/mol. The highest BCUT2D eigenvalue weighted by molar-refractivity contribution is 9.10. The van der Waals surface area contributed by atoms with Crippen molar-refractivity contribution in [2.75, 3.05) is 18.5 Å². The van der Waals surface area contributed by atoms with E-state index in [1.807, 2.05) is 6.92 Å². The molecule has 0 bridgehead atoms. The summed E-state index contributed by atoms with van der Waals surface area (Å²) in [6.45, 7) is 2.22. The van der Waals surface area contributed by atoms with Crippen molar-refractivity contribution in [1.29, 1.82) is 0 Å². The molecule has 1 aromatic rings. The number of halogens is 1. The van der Waals surface area contributed by atoms with Crippen molar-refractivity contribution in [3.8, 4) is 0 Å². The van der Waals surface area contributed by atoms with Gasteiger partial charge >= 0.3 is 6.09 Å². The molecule has 1 spiro atoms. The fourth-order valence-corrected chi connectivity index (χ4v) is 3.51. The molecule has 0 radical (unpaired) electrons. The third-order valence-corrected chi connectivity index (χ3v) is 4.76. The summed E-state index contributed by atoms with van der Waals surface area (Å²) >= 11 is 3.26. The van der Waals surface area contributed by atoms with E-state index in [0.29, 0.717) is 10.4 Å². The monoisotopic (exact) mass is 399 g/mol. The number of hydrogen-bond acceptors (Lipinski definition) is 5. The lowest BCUT2D eigenvalue weighted by Crippen LogP contribution is -2.45. The number of nitrogens with one attached hydrogen (secondary N) is 1. The van der Waals surface area contributed by atoms with Gasteiger partial charge in [0.1, 0.15) is 16.5 Å². The van der Waals surface area contributed by atoms with Crippen molar-refractivity contribution in [2.45, 2.75) is 37.8 Å². The number of amides is 3. The third-order valence-electron chi connectivity index (χ3n) is 4.37. The predicted octanol–water partition coefficient (Wildman–Crippen LogP) is 0.789. The first-order valence-corrected chi connectivity index (χ1v) is 8.48. The summed E-state index contributed by atoms with van der Waals surface area (Å²) in [5, 5.41) is 6.98. The van der Waals surface area contributed by atoms with Crippen LogP contribution in [0, 0.1) is 0 Å². The van der Waals surface area contributed by atoms with Crippen LogP contribution in [0.25, 0.3) is 0 Å². The number of carbonyl (C=O) groups excluding carboxylic acids is 3. The average Bonchev–Trinajstić information content (AvgIpc) is 3.15. The molecule has 3 heterocycles. The molecule has 2 aliphatic rings. The minimum absolute atomic E-state index is 0.0154. The molecular weight excluding hydrogens is 382 g/mol. The second kappa shape index (κ2) is 6.08. The van der Waals surface area contributed by atoms with Crippen molar-refractivity contribution in [3.63, 3.8) is 0 Å². The van der Waals surface area contributed by atoms with Crippen LogP contribution < -0.4 is 11.1 Å². The van der Waals surface area contributed by atoms with Crippen molar-refractivity contribution in [2.24, 2.45) is 5.73 Å². The Balaban J connectivity index is 1.89. The van der Waals surface area contributed by atoms with Gasteiger partial charge in [-0.2, -0.15) is 5.10 Å². The number of aromatic nitrogens is 2. The Kier molecular flexibility index (Phi) is 4.24. The second-order valence-electron chi connectivity index (χ2n) is 5.97. The van der Waals surface area contributed by atoms with Gasteiger partial charge in [0.05, 0.1) is 13.2 Å². The SMILES string of the molecule is CCCCOC(=O)N1CC2(C[C@H]1C(N)=O)C(=O)Nc1cc(Br)nn12. The van der Waals surface area contributed by atoms with Crippen LogP contribution >= 0.6 is 15.9 Å². The van der Waals surface area contributed by atoms with Crippen LogP contribution in [0.3, 0.4) is 0 Å². The van der Waals surface area contributed by atoms with Crippen molar-refractivity contribution in [1.82, 2.24) is 14.7 Å². The Morgan fingerprint density at radius 1 is 1.58 bits per heavy atom. The summed E-state index contributed by atoms with van der Waals surface area (Å²) in [6, 6.07) is 0.743. The van der Waals surface area contributed by atoms with Crippen molar-refractivity contribution in [3.05, 3.63) is 10.7 Å². The van der Waals surface area contributed by atoms with Gasteiger partial charge in [-0.15, -0.1) is 0 Å². The number of primary amides is 1. The number of likely N-dealkylation sites (tertiary alicyclic amines) is 1. The standard InChI is InChI=1S/C14H18BrN5O4/c1-2-3-4-24-13(23)19-7-14(6-8(19)11(16)21)12(22)17-10-5-9(15)18-20(10)14/h5,8H,2-4,6-7H2,1H3,(H2,16,21)(H,17,22)/t8-,14?/m0/s1. The highest BCUT2D eigenvalue weighted by Crippen LogP contribution is 2.41. The number of rotatable bonds is 4. The van der Waals surface area contributed by atoms with Crippen LogP contribution in [0.15, 0.2) is 10.7 Å². The van der Waals surface area contributed by atoms with E-state index in [9.17, 15) is 14.4 Å². The highest BCUT2D eigenvalue weighted by atomic mass is 79.9. The van der Waals surface area contributed by atoms with Crippen molar-refractivity contribution < 1.29 is 19.1 Å². The van der Waals surface area contributed by atoms with Crippen LogP contribution in [-0.2, 0) is 19.9 Å². The van der Waals surface area contributed by atoms with E-state index in [1.54, 1.807) is 6.07 Å². The summed E-state index contributed by atoms with van der Waals surface area (Å²) in [5.74, 6) is -0.476. The molecule has 10 heteroatoms. The molecule has 1 saturated heterocycles. The molecule has 3 N–H and O–H groups in total. The third kappa shape index (κ3) is 2.54. The molecule has 9 nitrogen and oxygen atoms in total. The van der Waals surface area contributed by atoms with Gasteiger partial charge in [0, 0.05) is 12.5 Å². The van der Waals surface area contributed by atoms with E-state index in [1.165, 1.54) is 9.58 Å². The Morgan fingerprint density at radius 3 is 3.00 bits per heavy atom. The lowest BCUT2D eigenvalue weighted by Gasteiger charge is -2.23. The Morgan fingerprint density at radius 2 is 2.33 bits per heavy atom. The molecule has 1 aromatic heterocycles. The van der Waals surface area contributed by atoms with Gasteiger partial charge < -0.3 is 15.8 Å². The van der Waals surface area contributed by atoms with Gasteiger partial charge in [-0.1, -0.05) is 13.3 Å². The maximum absolute atomic E-state index is 12.5. The number of ether oxygens (including phenoxy) is 1. The van der Waals surface area contributed by atoms with Crippen LogP contribution in [-0.4, -0.2) is 51.8 Å². The number of carbonyl (C=O) groups is 3. The fourth-order valence-electron chi connectivity index (χ4n) is 3.13. The lowest BCUT2D eigenvalue weighted by atomic mass is 9.96. The topological polar surface area (TPSA) is 120 Å². The molecule has 130 valence electrons. The number of nitrogens with two attached hydrogens (primary N) is 1. The van der Waals surface area contributed by atoms with E-state index in [0.717, 1.165) is 12.8 Å². The minimum Gasteiger partial charge on any atom is -0.449 e. The van der Waals surface area contributed by atoms with E-state index in [4.69, 9.17) is 10.5 Å². The summed E-state index contributed by atoms with van der Waals surface area (Å²) < 4.78 is 7.25. The number of nitrogens with zero attached hydrogens (tertiary/aromatic N) is 3. The second-order valence-corrected chi connectivity index (χ2v) is 6.78. The zero-order chi connectivity index (χ0) is 17.5. The largest absolute Gasteiger partial charge is 0.449 e. The van der Waals surface area contributed by atoms with Gasteiger partial charge in [0.15, 0.2) is 5.54 Å². The number of anilines is 1. The molecule has 2 aliphatic heterocycles. The van der Waals surface area contributed by atoms with E-state index in [-0.39, 0.29) is 25.5 Å². The van der Waals surface area contributed by atoms with E-state index in [2.05, 4.69) is 26.3 Å². The molecule has 3 amide bonds. The predicted molar refractivity (Wildman–Crippen MR) is 87.1 cm³/mol. The summed E-state index contributed by atoms with van der Waals surface area (Å²) in [6.07, 6.45) is 1.03. The van der Waals surface area contributed by atoms with Crippen LogP contribution in [0.5, 0.6) is 0 Å². The Hall–Kier alpha value is -2.10. The summed E-state index contributed by atoms with van der Waals surface area (Å²) in [7, 11) is 0. The first-order valence-electron chi connectivity index (χ1n) is 7.69. The first kappa shape index (κ1) is 16.7. The van der Waals surface area contributed by atoms with Gasteiger partial charge in [-0.25, -0.2) is 9.48 Å². The molecular formula is C14H18BrN5O4.